The van der Waals surface area contributed by atoms with Gasteiger partial charge in [-0.1, -0.05) is 6.92 Å². The molecule has 2 rings (SSSR count). The van der Waals surface area contributed by atoms with E-state index < -0.39 is 11.5 Å². The number of rotatable bonds is 4. The molecule has 2 N–H and O–H groups in total. The lowest BCUT2D eigenvalue weighted by Gasteiger charge is -2.42. The number of nitrogens with zero attached hydrogens (tertiary/aromatic N) is 2. The van der Waals surface area contributed by atoms with Crippen LogP contribution in [0, 0.1) is 0 Å². The van der Waals surface area contributed by atoms with Crippen LogP contribution in [-0.2, 0) is 4.79 Å². The number of likely N-dealkylation sites (tertiary alicyclic amines) is 1. The van der Waals surface area contributed by atoms with E-state index in [1.54, 1.807) is 0 Å². The zero-order valence-electron chi connectivity index (χ0n) is 12.0. The van der Waals surface area contributed by atoms with E-state index in [1.165, 1.54) is 0 Å². The molecular weight excluding hydrogens is 242 g/mol. The van der Waals surface area contributed by atoms with Gasteiger partial charge < -0.3 is 15.3 Å². The maximum atomic E-state index is 11.9. The van der Waals surface area contributed by atoms with Gasteiger partial charge in [-0.25, -0.2) is 0 Å². The van der Waals surface area contributed by atoms with E-state index in [0.717, 1.165) is 71.5 Å². The molecule has 19 heavy (non-hydrogen) atoms. The lowest BCUT2D eigenvalue weighted by Crippen LogP contribution is -2.60. The first-order chi connectivity index (χ1) is 9.19. The number of nitrogens with one attached hydrogen (secondary N) is 1. The summed E-state index contributed by atoms with van der Waals surface area (Å²) >= 11 is 0. The van der Waals surface area contributed by atoms with Crippen LogP contribution in [0.25, 0.3) is 0 Å². The highest BCUT2D eigenvalue weighted by Crippen LogP contribution is 2.30. The standard InChI is InChI=1S/C14H27N3O2/c1-2-8-16-9-3-4-14(5-10-16,13(18)19)17-11-6-15-7-12-17/h15H,2-12H2,1H3,(H,18,19). The highest BCUT2D eigenvalue weighted by molar-refractivity contribution is 5.79. The molecule has 2 heterocycles. The average Bonchev–Trinajstić information content (AvgIpc) is 2.64. The molecule has 1 atom stereocenters. The number of hydrogen-bond donors (Lipinski definition) is 2. The van der Waals surface area contributed by atoms with Crippen LogP contribution in [0.1, 0.15) is 32.6 Å². The SMILES string of the molecule is CCCN1CCCC(C(=O)O)(N2CCNCC2)CC1. The normalized spacial score (nSPS) is 31.0. The summed E-state index contributed by atoms with van der Waals surface area (Å²) in [5.41, 5.74) is -0.620. The molecule has 110 valence electrons. The molecule has 0 amide bonds. The van der Waals surface area contributed by atoms with Crippen molar-refractivity contribution in [3.63, 3.8) is 0 Å². The van der Waals surface area contributed by atoms with Crippen LogP contribution in [0.2, 0.25) is 0 Å². The highest BCUT2D eigenvalue weighted by Gasteiger charge is 2.45. The van der Waals surface area contributed by atoms with Crippen LogP contribution in [0.4, 0.5) is 0 Å². The second-order valence-electron chi connectivity index (χ2n) is 5.77. The maximum absolute atomic E-state index is 11.9. The lowest BCUT2D eigenvalue weighted by atomic mass is 9.88. The van der Waals surface area contributed by atoms with Gasteiger partial charge in [0.1, 0.15) is 5.54 Å². The summed E-state index contributed by atoms with van der Waals surface area (Å²) in [6.07, 6.45) is 3.70. The van der Waals surface area contributed by atoms with E-state index in [2.05, 4.69) is 22.0 Å². The van der Waals surface area contributed by atoms with E-state index in [4.69, 9.17) is 0 Å². The summed E-state index contributed by atoms with van der Waals surface area (Å²) < 4.78 is 0. The predicted molar refractivity (Wildman–Crippen MR) is 75.4 cm³/mol. The molecule has 2 aliphatic rings. The molecule has 2 fully saturated rings. The van der Waals surface area contributed by atoms with Crippen LogP contribution in [0.3, 0.4) is 0 Å². The third kappa shape index (κ3) is 3.27. The van der Waals surface area contributed by atoms with Crippen LogP contribution in [0.15, 0.2) is 0 Å². The Morgan fingerprint density at radius 3 is 2.58 bits per heavy atom. The van der Waals surface area contributed by atoms with Crippen molar-refractivity contribution >= 4 is 5.97 Å². The minimum Gasteiger partial charge on any atom is -0.480 e. The minimum absolute atomic E-state index is 0.618. The first-order valence-electron chi connectivity index (χ1n) is 7.60. The summed E-state index contributed by atoms with van der Waals surface area (Å²) in [7, 11) is 0. The number of aliphatic carboxylic acids is 1. The van der Waals surface area contributed by atoms with Gasteiger partial charge in [0.15, 0.2) is 0 Å². The predicted octanol–water partition coefficient (Wildman–Crippen LogP) is 0.611. The molecule has 0 aromatic heterocycles. The summed E-state index contributed by atoms with van der Waals surface area (Å²) in [4.78, 5) is 16.5. The van der Waals surface area contributed by atoms with Gasteiger partial charge in [-0.2, -0.15) is 0 Å². The maximum Gasteiger partial charge on any atom is 0.324 e. The highest BCUT2D eigenvalue weighted by atomic mass is 16.4. The molecule has 5 nitrogen and oxygen atoms in total. The molecule has 2 aliphatic heterocycles. The number of hydrogen-bond acceptors (Lipinski definition) is 4. The minimum atomic E-state index is -0.620. The molecule has 0 aliphatic carbocycles. The zero-order chi connectivity index (χ0) is 13.7. The fraction of sp³-hybridized carbons (Fsp3) is 0.929. The van der Waals surface area contributed by atoms with Crippen molar-refractivity contribution in [1.29, 1.82) is 0 Å². The molecule has 0 bridgehead atoms. The Labute approximate surface area is 115 Å². The third-order valence-corrected chi connectivity index (χ3v) is 4.57. The Kier molecular flexibility index (Phi) is 5.19. The van der Waals surface area contributed by atoms with Crippen LogP contribution < -0.4 is 5.32 Å². The number of carbonyl (C=O) groups is 1. The summed E-state index contributed by atoms with van der Waals surface area (Å²) in [5.74, 6) is -0.618. The molecule has 2 saturated heterocycles. The molecule has 0 aromatic carbocycles. The molecule has 0 spiro atoms. The van der Waals surface area contributed by atoms with E-state index in [1.807, 2.05) is 0 Å². The smallest absolute Gasteiger partial charge is 0.324 e. The van der Waals surface area contributed by atoms with Gasteiger partial charge in [-0.15, -0.1) is 0 Å². The number of piperazine rings is 1. The van der Waals surface area contributed by atoms with Gasteiger partial charge in [-0.3, -0.25) is 9.69 Å². The molecule has 0 radical (unpaired) electrons. The van der Waals surface area contributed by atoms with Gasteiger partial charge >= 0.3 is 5.97 Å². The van der Waals surface area contributed by atoms with Crippen molar-refractivity contribution in [2.45, 2.75) is 38.1 Å². The Morgan fingerprint density at radius 2 is 1.95 bits per heavy atom. The first-order valence-corrected chi connectivity index (χ1v) is 7.60. The largest absolute Gasteiger partial charge is 0.480 e. The van der Waals surface area contributed by atoms with Crippen molar-refractivity contribution in [3.8, 4) is 0 Å². The Morgan fingerprint density at radius 1 is 1.21 bits per heavy atom. The Bertz CT molecular complexity index is 305. The molecule has 1 unspecified atom stereocenters. The topological polar surface area (TPSA) is 55.8 Å². The lowest BCUT2D eigenvalue weighted by molar-refractivity contribution is -0.153. The van der Waals surface area contributed by atoms with Crippen molar-refractivity contribution < 1.29 is 9.90 Å². The fourth-order valence-electron chi connectivity index (χ4n) is 3.47. The second-order valence-corrected chi connectivity index (χ2v) is 5.77. The molecular formula is C14H27N3O2. The fourth-order valence-corrected chi connectivity index (χ4v) is 3.47. The van der Waals surface area contributed by atoms with E-state index in [0.29, 0.717) is 0 Å². The van der Waals surface area contributed by atoms with Gasteiger partial charge in [0.2, 0.25) is 0 Å². The number of carboxylic acids is 1. The van der Waals surface area contributed by atoms with E-state index >= 15 is 0 Å². The van der Waals surface area contributed by atoms with E-state index in [-0.39, 0.29) is 0 Å². The molecule has 0 saturated carbocycles. The third-order valence-electron chi connectivity index (χ3n) is 4.57. The molecule has 5 heteroatoms. The van der Waals surface area contributed by atoms with Crippen molar-refractivity contribution in [1.82, 2.24) is 15.1 Å². The van der Waals surface area contributed by atoms with Gasteiger partial charge in [-0.05, 0) is 38.8 Å². The summed E-state index contributed by atoms with van der Waals surface area (Å²) in [5, 5.41) is 13.1. The van der Waals surface area contributed by atoms with Crippen LogP contribution in [0.5, 0.6) is 0 Å². The quantitative estimate of drug-likeness (QED) is 0.783. The monoisotopic (exact) mass is 269 g/mol. The van der Waals surface area contributed by atoms with E-state index in [9.17, 15) is 9.90 Å². The summed E-state index contributed by atoms with van der Waals surface area (Å²) in [6, 6.07) is 0. The molecule has 0 aromatic rings. The Hall–Kier alpha value is -0.650. The first kappa shape index (κ1) is 14.8. The van der Waals surface area contributed by atoms with Gasteiger partial charge in [0, 0.05) is 32.7 Å². The van der Waals surface area contributed by atoms with Crippen LogP contribution in [-0.4, -0.2) is 72.2 Å². The van der Waals surface area contributed by atoms with Crippen molar-refractivity contribution in [3.05, 3.63) is 0 Å². The van der Waals surface area contributed by atoms with Crippen molar-refractivity contribution in [2.24, 2.45) is 0 Å². The van der Waals surface area contributed by atoms with Gasteiger partial charge in [0.25, 0.3) is 0 Å². The average molecular weight is 269 g/mol. The Balaban J connectivity index is 2.08. The van der Waals surface area contributed by atoms with Crippen molar-refractivity contribution in [2.75, 3.05) is 45.8 Å². The summed E-state index contributed by atoms with van der Waals surface area (Å²) in [6.45, 7) is 8.80. The van der Waals surface area contributed by atoms with Gasteiger partial charge in [0.05, 0.1) is 0 Å². The van der Waals surface area contributed by atoms with Crippen LogP contribution >= 0.6 is 0 Å². The second kappa shape index (κ2) is 6.68. The zero-order valence-corrected chi connectivity index (χ0v) is 12.0. The number of carboxylic acid groups (broad SMARTS) is 1.